The number of carboxylic acid groups (broad SMARTS) is 1. The van der Waals surface area contributed by atoms with Crippen molar-refractivity contribution >= 4 is 28.0 Å². The van der Waals surface area contributed by atoms with Crippen LogP contribution in [0.3, 0.4) is 0 Å². The minimum absolute atomic E-state index is 0.238. The maximum atomic E-state index is 10.7. The molecule has 1 aliphatic heterocycles. The molecule has 1 unspecified atom stereocenters. The molecule has 0 spiro atoms. The lowest BCUT2D eigenvalue weighted by atomic mass is 10.1. The van der Waals surface area contributed by atoms with Crippen molar-refractivity contribution in [2.24, 2.45) is 5.73 Å². The molecule has 1 saturated heterocycles. The van der Waals surface area contributed by atoms with Crippen molar-refractivity contribution < 1.29 is 24.9 Å². The fourth-order valence-electron chi connectivity index (χ4n) is 2.89. The summed E-state index contributed by atoms with van der Waals surface area (Å²) in [5.74, 6) is -0.217. The number of carboxylic acids is 1. The number of fused-ring (bicyclic) bond motifs is 1. The van der Waals surface area contributed by atoms with Gasteiger partial charge in [0.05, 0.1) is 24.7 Å². The lowest BCUT2D eigenvalue weighted by Crippen LogP contribution is -2.43. The molecular weight excluding hydrogens is 362 g/mol. The molecule has 0 aromatic carbocycles. The van der Waals surface area contributed by atoms with Crippen LogP contribution in [0.2, 0.25) is 0 Å². The van der Waals surface area contributed by atoms with E-state index in [-0.39, 0.29) is 10.9 Å². The summed E-state index contributed by atoms with van der Waals surface area (Å²) in [6.07, 6.45) is 3.11. The van der Waals surface area contributed by atoms with Crippen LogP contribution in [0.25, 0.3) is 11.2 Å². The van der Waals surface area contributed by atoms with Gasteiger partial charge in [0, 0.05) is 12.5 Å². The first kappa shape index (κ1) is 19.0. The van der Waals surface area contributed by atoms with Gasteiger partial charge in [0.15, 0.2) is 11.9 Å². The third kappa shape index (κ3) is 3.81. The zero-order valence-electron chi connectivity index (χ0n) is 14.1. The Morgan fingerprint density at radius 2 is 2.23 bits per heavy atom. The SMILES string of the molecule is C[S+](CC[C@H](N)C(=O)[O-])C[C@H]1O[C@@H](n2cnc3ncncc32)[C@H](O)[C@@H]1O. The van der Waals surface area contributed by atoms with Crippen LogP contribution < -0.4 is 10.8 Å². The van der Waals surface area contributed by atoms with Crippen LogP contribution in [0.15, 0.2) is 18.9 Å². The van der Waals surface area contributed by atoms with Gasteiger partial charge in [-0.2, -0.15) is 0 Å². The van der Waals surface area contributed by atoms with Gasteiger partial charge in [-0.25, -0.2) is 15.0 Å². The van der Waals surface area contributed by atoms with Crippen LogP contribution in [0.5, 0.6) is 0 Å². The number of ether oxygens (including phenoxy) is 1. The van der Waals surface area contributed by atoms with E-state index in [1.54, 1.807) is 10.8 Å². The number of hydrogen-bond acceptors (Lipinski definition) is 9. The summed E-state index contributed by atoms with van der Waals surface area (Å²) in [5.41, 5.74) is 6.53. The molecule has 0 saturated carbocycles. The lowest BCUT2D eigenvalue weighted by Gasteiger charge is -2.16. The second kappa shape index (κ2) is 7.84. The third-order valence-corrected chi connectivity index (χ3v) is 6.23. The monoisotopic (exact) mass is 383 g/mol. The highest BCUT2D eigenvalue weighted by Gasteiger charge is 2.46. The van der Waals surface area contributed by atoms with E-state index in [1.807, 2.05) is 6.26 Å². The molecule has 0 bridgehead atoms. The minimum Gasteiger partial charge on any atom is -0.548 e. The number of nitrogens with zero attached hydrogens (tertiary/aromatic N) is 4. The predicted molar refractivity (Wildman–Crippen MR) is 91.9 cm³/mol. The van der Waals surface area contributed by atoms with Crippen LogP contribution in [0.1, 0.15) is 12.6 Å². The predicted octanol–water partition coefficient (Wildman–Crippen LogP) is -2.84. The van der Waals surface area contributed by atoms with E-state index in [4.69, 9.17) is 10.5 Å². The number of aliphatic hydroxyl groups is 2. The molecule has 26 heavy (non-hydrogen) atoms. The second-order valence-electron chi connectivity index (χ2n) is 6.30. The normalized spacial score (nSPS) is 28.3. The summed E-state index contributed by atoms with van der Waals surface area (Å²) in [6, 6.07) is -1.00. The maximum absolute atomic E-state index is 10.7. The first-order valence-electron chi connectivity index (χ1n) is 8.08. The Labute approximate surface area is 152 Å². The van der Waals surface area contributed by atoms with E-state index in [2.05, 4.69) is 15.0 Å². The number of aliphatic hydroxyl groups excluding tert-OH is 2. The zero-order valence-corrected chi connectivity index (χ0v) is 15.0. The Hall–Kier alpha value is -1.79. The smallest absolute Gasteiger partial charge is 0.180 e. The number of carbonyl (C=O) groups excluding carboxylic acids is 1. The van der Waals surface area contributed by atoms with E-state index in [0.717, 1.165) is 0 Å². The second-order valence-corrected chi connectivity index (χ2v) is 8.60. The van der Waals surface area contributed by atoms with Crippen LogP contribution in [0, 0.1) is 0 Å². The fraction of sp³-hybridized carbons (Fsp3) is 0.600. The van der Waals surface area contributed by atoms with Crippen molar-refractivity contribution in [2.45, 2.75) is 37.0 Å². The van der Waals surface area contributed by atoms with Crippen molar-refractivity contribution in [1.82, 2.24) is 19.5 Å². The Bertz CT molecular complexity index is 774. The fourth-order valence-corrected chi connectivity index (χ4v) is 4.55. The number of imidazole rings is 1. The van der Waals surface area contributed by atoms with Crippen LogP contribution in [0.4, 0.5) is 0 Å². The Morgan fingerprint density at radius 1 is 1.46 bits per heavy atom. The van der Waals surface area contributed by atoms with Gasteiger partial charge < -0.3 is 30.6 Å². The van der Waals surface area contributed by atoms with Crippen LogP contribution in [-0.2, 0) is 20.4 Å². The topological polar surface area (TPSA) is 159 Å². The number of carbonyl (C=O) groups is 1. The molecule has 2 aromatic rings. The highest BCUT2D eigenvalue weighted by molar-refractivity contribution is 7.96. The van der Waals surface area contributed by atoms with Crippen molar-refractivity contribution in [3.63, 3.8) is 0 Å². The van der Waals surface area contributed by atoms with Gasteiger partial charge in [-0.3, -0.25) is 4.57 Å². The average Bonchev–Trinajstić information content (AvgIpc) is 3.16. The molecule has 11 heteroatoms. The molecule has 0 radical (unpaired) electrons. The molecule has 6 atom stereocenters. The number of nitrogens with two attached hydrogens (primary N) is 1. The molecule has 0 amide bonds. The molecule has 4 N–H and O–H groups in total. The number of hydrogen-bond donors (Lipinski definition) is 3. The maximum Gasteiger partial charge on any atom is 0.180 e. The Morgan fingerprint density at radius 3 is 2.96 bits per heavy atom. The van der Waals surface area contributed by atoms with Gasteiger partial charge >= 0.3 is 0 Å². The quantitative estimate of drug-likeness (QED) is 0.428. The van der Waals surface area contributed by atoms with E-state index >= 15 is 0 Å². The van der Waals surface area contributed by atoms with Crippen LogP contribution >= 0.6 is 0 Å². The molecule has 3 rings (SSSR count). The van der Waals surface area contributed by atoms with Gasteiger partial charge in [0.2, 0.25) is 0 Å². The molecule has 10 nitrogen and oxygen atoms in total. The molecule has 142 valence electrons. The van der Waals surface area contributed by atoms with E-state index in [1.165, 1.54) is 12.7 Å². The van der Waals surface area contributed by atoms with Crippen molar-refractivity contribution in [2.75, 3.05) is 17.8 Å². The Balaban J connectivity index is 1.65. The summed E-state index contributed by atoms with van der Waals surface area (Å²) < 4.78 is 7.48. The van der Waals surface area contributed by atoms with E-state index in [0.29, 0.717) is 29.1 Å². The van der Waals surface area contributed by atoms with Gasteiger partial charge in [-0.15, -0.1) is 0 Å². The summed E-state index contributed by atoms with van der Waals surface area (Å²) in [5, 5.41) is 31.4. The highest BCUT2D eigenvalue weighted by Crippen LogP contribution is 2.32. The van der Waals surface area contributed by atoms with Gasteiger partial charge in [-0.1, -0.05) is 0 Å². The summed E-state index contributed by atoms with van der Waals surface area (Å²) in [7, 11) is -0.238. The summed E-state index contributed by atoms with van der Waals surface area (Å²) in [4.78, 5) is 22.8. The number of aliphatic carboxylic acids is 1. The highest BCUT2D eigenvalue weighted by atomic mass is 32.2. The molecular formula is C15H21N5O5S. The number of rotatable bonds is 7. The molecule has 0 aliphatic carbocycles. The van der Waals surface area contributed by atoms with Gasteiger partial charge in [0.1, 0.15) is 41.7 Å². The molecule has 1 fully saturated rings. The van der Waals surface area contributed by atoms with Crippen molar-refractivity contribution in [3.8, 4) is 0 Å². The van der Waals surface area contributed by atoms with E-state index < -0.39 is 36.6 Å². The number of aromatic nitrogens is 4. The first-order chi connectivity index (χ1) is 12.4. The zero-order chi connectivity index (χ0) is 18.8. The van der Waals surface area contributed by atoms with Crippen LogP contribution in [-0.4, -0.2) is 77.8 Å². The standard InChI is InChI=1S/C15H21N5O5S/c1-26(3-2-8(16)15(23)24)5-10-11(21)12(22)14(25-10)20-7-19-13-9(20)4-17-6-18-13/h4,6-8,10-12,14,21-22H,2-3,5,16H2,1H3/t8-,10+,11+,12+,14+,26?/m0/s1. The average molecular weight is 383 g/mol. The minimum atomic E-state index is -1.27. The van der Waals surface area contributed by atoms with E-state index in [9.17, 15) is 20.1 Å². The van der Waals surface area contributed by atoms with Gasteiger partial charge in [0.25, 0.3) is 0 Å². The third-order valence-electron chi connectivity index (χ3n) is 4.40. The Kier molecular flexibility index (Phi) is 5.73. The molecule has 1 aliphatic rings. The largest absolute Gasteiger partial charge is 0.548 e. The lowest BCUT2D eigenvalue weighted by molar-refractivity contribution is -0.307. The summed E-state index contributed by atoms with van der Waals surface area (Å²) in [6.45, 7) is 0. The van der Waals surface area contributed by atoms with Crippen molar-refractivity contribution in [1.29, 1.82) is 0 Å². The molecule has 2 aromatic heterocycles. The summed E-state index contributed by atoms with van der Waals surface area (Å²) >= 11 is 0. The first-order valence-corrected chi connectivity index (χ1v) is 10.1. The van der Waals surface area contributed by atoms with Crippen molar-refractivity contribution in [3.05, 3.63) is 18.9 Å². The van der Waals surface area contributed by atoms with Gasteiger partial charge in [-0.05, 0) is 10.9 Å². The molecule has 3 heterocycles.